The van der Waals surface area contributed by atoms with Gasteiger partial charge in [0.25, 0.3) is 0 Å². The van der Waals surface area contributed by atoms with Crippen molar-refractivity contribution in [1.29, 1.82) is 0 Å². The molecule has 3 nitrogen and oxygen atoms in total. The van der Waals surface area contributed by atoms with E-state index in [-0.39, 0.29) is 5.92 Å². The number of aromatic nitrogens is 1. The van der Waals surface area contributed by atoms with E-state index in [4.69, 9.17) is 0 Å². The summed E-state index contributed by atoms with van der Waals surface area (Å²) in [6.07, 6.45) is 16.0. The van der Waals surface area contributed by atoms with Crippen molar-refractivity contribution in [1.82, 2.24) is 4.98 Å². The second kappa shape index (κ2) is 12.6. The highest BCUT2D eigenvalue weighted by atomic mass is 16.4. The number of allylic oxidation sites excluding steroid dienone is 1. The Bertz CT molecular complexity index is 859. The molecule has 0 unspecified atom stereocenters. The predicted molar refractivity (Wildman–Crippen MR) is 133 cm³/mol. The molecule has 1 heterocycles. The van der Waals surface area contributed by atoms with Crippen LogP contribution < -0.4 is 0 Å². The Morgan fingerprint density at radius 1 is 0.969 bits per heavy atom. The molecular weight excluding hydrogens is 394 g/mol. The van der Waals surface area contributed by atoms with Gasteiger partial charge in [-0.25, -0.2) is 4.79 Å². The van der Waals surface area contributed by atoms with Crippen molar-refractivity contribution in [2.24, 2.45) is 5.92 Å². The fraction of sp³-hybridized carbons (Fsp3) is 0.517. The molecule has 1 aliphatic carbocycles. The average molecular weight is 434 g/mol. The van der Waals surface area contributed by atoms with Crippen LogP contribution >= 0.6 is 0 Å². The number of hydrogen-bond acceptors (Lipinski definition) is 2. The molecule has 1 fully saturated rings. The van der Waals surface area contributed by atoms with Gasteiger partial charge < -0.3 is 5.11 Å². The first kappa shape index (κ1) is 24.2. The van der Waals surface area contributed by atoms with E-state index in [0.717, 1.165) is 62.6 Å². The Morgan fingerprint density at radius 3 is 2.28 bits per heavy atom. The zero-order valence-corrected chi connectivity index (χ0v) is 19.9. The Labute approximate surface area is 194 Å². The minimum absolute atomic E-state index is 0.208. The van der Waals surface area contributed by atoms with Crippen LogP contribution in [0.5, 0.6) is 0 Å². The van der Waals surface area contributed by atoms with Crippen molar-refractivity contribution in [2.45, 2.75) is 90.4 Å². The van der Waals surface area contributed by atoms with Gasteiger partial charge in [0, 0.05) is 17.3 Å². The summed E-state index contributed by atoms with van der Waals surface area (Å²) in [5, 5.41) is 9.64. The topological polar surface area (TPSA) is 50.2 Å². The lowest BCUT2D eigenvalue weighted by molar-refractivity contribution is -0.133. The van der Waals surface area contributed by atoms with Gasteiger partial charge >= 0.3 is 5.97 Å². The highest BCUT2D eigenvalue weighted by Gasteiger charge is 2.27. The van der Waals surface area contributed by atoms with Crippen LogP contribution in [-0.4, -0.2) is 16.1 Å². The number of aryl methyl sites for hydroxylation is 1. The highest BCUT2D eigenvalue weighted by Crippen LogP contribution is 2.39. The van der Waals surface area contributed by atoms with E-state index < -0.39 is 5.97 Å². The largest absolute Gasteiger partial charge is 0.478 e. The summed E-state index contributed by atoms with van der Waals surface area (Å²) in [7, 11) is 0. The standard InChI is InChI=1S/C29H39NO2/c1-3-5-7-9-22-11-20-28(30-21-22)26-18-14-24(15-19-26)23-12-16-25(17-13-23)27(29(31)32)10-8-6-4-2/h10-11,14-15,18-21,23,25H,3-9,12-13,16-17H2,1-2H3,(H,31,32). The third-order valence-corrected chi connectivity index (χ3v) is 6.91. The van der Waals surface area contributed by atoms with Crippen molar-refractivity contribution >= 4 is 5.97 Å². The molecule has 0 saturated heterocycles. The third-order valence-electron chi connectivity index (χ3n) is 6.91. The SMILES string of the molecule is CCCCC=C(C(=O)O)C1CCC(c2ccc(-c3ccc(CCCCC)cn3)cc2)CC1. The van der Waals surface area contributed by atoms with Crippen LogP contribution in [0.15, 0.2) is 54.2 Å². The first-order valence-electron chi connectivity index (χ1n) is 12.6. The molecule has 3 rings (SSSR count). The smallest absolute Gasteiger partial charge is 0.331 e. The van der Waals surface area contributed by atoms with E-state index in [0.29, 0.717) is 11.5 Å². The predicted octanol–water partition coefficient (Wildman–Crippen LogP) is 7.96. The monoisotopic (exact) mass is 433 g/mol. The van der Waals surface area contributed by atoms with Crippen LogP contribution in [-0.2, 0) is 11.2 Å². The van der Waals surface area contributed by atoms with Crippen LogP contribution in [0.3, 0.4) is 0 Å². The van der Waals surface area contributed by atoms with Crippen LogP contribution in [0, 0.1) is 5.92 Å². The maximum absolute atomic E-state index is 11.7. The van der Waals surface area contributed by atoms with E-state index >= 15 is 0 Å². The number of carbonyl (C=O) groups is 1. The summed E-state index contributed by atoms with van der Waals surface area (Å²) in [6, 6.07) is 13.2. The van der Waals surface area contributed by atoms with Gasteiger partial charge in [-0.3, -0.25) is 4.98 Å². The molecule has 3 heteroatoms. The number of nitrogens with zero attached hydrogens (tertiary/aromatic N) is 1. The van der Waals surface area contributed by atoms with Gasteiger partial charge in [-0.15, -0.1) is 0 Å². The van der Waals surface area contributed by atoms with E-state index in [9.17, 15) is 9.90 Å². The molecule has 0 bridgehead atoms. The summed E-state index contributed by atoms with van der Waals surface area (Å²) >= 11 is 0. The van der Waals surface area contributed by atoms with Crippen molar-refractivity contribution in [3.05, 3.63) is 65.4 Å². The van der Waals surface area contributed by atoms with Gasteiger partial charge in [0.05, 0.1) is 5.69 Å². The molecule has 0 aliphatic heterocycles. The molecule has 1 aromatic heterocycles. The van der Waals surface area contributed by atoms with Crippen LogP contribution in [0.2, 0.25) is 0 Å². The lowest BCUT2D eigenvalue weighted by Gasteiger charge is -2.29. The first-order chi connectivity index (χ1) is 15.6. The zero-order chi connectivity index (χ0) is 22.8. The number of pyridine rings is 1. The van der Waals surface area contributed by atoms with E-state index in [1.54, 1.807) is 0 Å². The van der Waals surface area contributed by atoms with Gasteiger partial charge in [-0.05, 0) is 74.0 Å². The number of carboxylic acids is 1. The second-order valence-electron chi connectivity index (χ2n) is 9.29. The quantitative estimate of drug-likeness (QED) is 0.289. The van der Waals surface area contributed by atoms with Crippen LogP contribution in [0.25, 0.3) is 11.3 Å². The molecule has 32 heavy (non-hydrogen) atoms. The van der Waals surface area contributed by atoms with Crippen molar-refractivity contribution in [2.75, 3.05) is 0 Å². The third kappa shape index (κ3) is 6.79. The molecule has 1 aliphatic rings. The first-order valence-corrected chi connectivity index (χ1v) is 12.6. The lowest BCUT2D eigenvalue weighted by Crippen LogP contribution is -2.19. The zero-order valence-electron chi connectivity index (χ0n) is 19.9. The van der Waals surface area contributed by atoms with Crippen LogP contribution in [0.1, 0.15) is 95.1 Å². The maximum Gasteiger partial charge on any atom is 0.331 e. The molecule has 172 valence electrons. The van der Waals surface area contributed by atoms with Crippen molar-refractivity contribution in [3.8, 4) is 11.3 Å². The number of carboxylic acid groups (broad SMARTS) is 1. The summed E-state index contributed by atoms with van der Waals surface area (Å²) < 4.78 is 0. The summed E-state index contributed by atoms with van der Waals surface area (Å²) in [4.78, 5) is 16.4. The van der Waals surface area contributed by atoms with Gasteiger partial charge in [-0.2, -0.15) is 0 Å². The minimum atomic E-state index is -0.724. The van der Waals surface area contributed by atoms with Crippen molar-refractivity contribution < 1.29 is 9.90 Å². The minimum Gasteiger partial charge on any atom is -0.478 e. The highest BCUT2D eigenvalue weighted by molar-refractivity contribution is 5.87. The van der Waals surface area contributed by atoms with Crippen molar-refractivity contribution in [3.63, 3.8) is 0 Å². The summed E-state index contributed by atoms with van der Waals surface area (Å²) in [6.45, 7) is 4.38. The molecule has 1 N–H and O–H groups in total. The molecular formula is C29H39NO2. The van der Waals surface area contributed by atoms with E-state index in [1.807, 2.05) is 12.3 Å². The van der Waals surface area contributed by atoms with Gasteiger partial charge in [-0.1, -0.05) is 75.9 Å². The molecule has 0 amide bonds. The molecule has 0 radical (unpaired) electrons. The summed E-state index contributed by atoms with van der Waals surface area (Å²) in [5.74, 6) is 0.0117. The second-order valence-corrected chi connectivity index (χ2v) is 9.29. The molecule has 0 atom stereocenters. The van der Waals surface area contributed by atoms with Gasteiger partial charge in [0.1, 0.15) is 0 Å². The number of hydrogen-bond donors (Lipinski definition) is 1. The average Bonchev–Trinajstić information content (AvgIpc) is 2.83. The maximum atomic E-state index is 11.7. The Kier molecular flexibility index (Phi) is 9.52. The molecule has 1 saturated carbocycles. The number of rotatable bonds is 11. The molecule has 1 aromatic carbocycles. The fourth-order valence-electron chi connectivity index (χ4n) is 4.88. The fourth-order valence-corrected chi connectivity index (χ4v) is 4.88. The van der Waals surface area contributed by atoms with Gasteiger partial charge in [0.2, 0.25) is 0 Å². The normalized spacial score (nSPS) is 19.1. The van der Waals surface area contributed by atoms with Gasteiger partial charge in [0.15, 0.2) is 0 Å². The number of unbranched alkanes of at least 4 members (excludes halogenated alkanes) is 4. The van der Waals surface area contributed by atoms with E-state index in [1.165, 1.54) is 30.4 Å². The number of benzene rings is 1. The summed E-state index contributed by atoms with van der Waals surface area (Å²) in [5.41, 5.74) is 5.53. The molecule has 0 spiro atoms. The lowest BCUT2D eigenvalue weighted by atomic mass is 9.75. The Balaban J connectivity index is 1.57. The van der Waals surface area contributed by atoms with E-state index in [2.05, 4.69) is 55.2 Å². The Morgan fingerprint density at radius 2 is 1.69 bits per heavy atom. The number of aliphatic carboxylic acids is 1. The van der Waals surface area contributed by atoms with Crippen LogP contribution in [0.4, 0.5) is 0 Å². The Hall–Kier alpha value is -2.42. The molecule has 2 aromatic rings.